The Balaban J connectivity index is 2.69. The van der Waals surface area contributed by atoms with Crippen molar-refractivity contribution < 1.29 is 28.6 Å². The van der Waals surface area contributed by atoms with E-state index in [1.54, 1.807) is 47.6 Å². The maximum absolute atomic E-state index is 13.9. The Kier molecular flexibility index (Phi) is 9.93. The summed E-state index contributed by atoms with van der Waals surface area (Å²) < 4.78 is 24.6. The normalized spacial score (nSPS) is 14.2. The molecule has 0 heterocycles. The summed E-state index contributed by atoms with van der Waals surface area (Å²) in [6.45, 7) is 10.6. The van der Waals surface area contributed by atoms with E-state index in [1.807, 2.05) is 0 Å². The van der Waals surface area contributed by atoms with Gasteiger partial charge in [0.2, 0.25) is 5.91 Å². The van der Waals surface area contributed by atoms with Crippen LogP contribution in [0.3, 0.4) is 0 Å². The number of amides is 2. The summed E-state index contributed by atoms with van der Waals surface area (Å²) in [5.41, 5.74) is -1.18. The average Bonchev–Trinajstić information content (AvgIpc) is 2.59. The van der Waals surface area contributed by atoms with Crippen molar-refractivity contribution >= 4 is 29.7 Å². The molecule has 0 aliphatic carbocycles. The maximum atomic E-state index is 13.9. The number of nitrogens with one attached hydrogen (secondary N) is 2. The molecule has 1 aromatic carbocycles. The number of rotatable bonds is 8. The molecule has 0 saturated carbocycles. The molecule has 3 N–H and O–H groups in total. The maximum Gasteiger partial charge on any atom is 0.408 e. The van der Waals surface area contributed by atoms with E-state index in [-0.39, 0.29) is 23.6 Å². The van der Waals surface area contributed by atoms with Crippen LogP contribution in [0.1, 0.15) is 53.5 Å². The molecule has 0 spiro atoms. The zero-order chi connectivity index (χ0) is 23.8. The van der Waals surface area contributed by atoms with Crippen molar-refractivity contribution in [2.24, 2.45) is 0 Å². The van der Waals surface area contributed by atoms with E-state index >= 15 is 0 Å². The number of hydrogen-bond acceptors (Lipinski definition) is 5. The predicted molar refractivity (Wildman–Crippen MR) is 118 cm³/mol. The molecule has 0 fully saturated rings. The van der Waals surface area contributed by atoms with Gasteiger partial charge < -0.3 is 25.2 Å². The Bertz CT molecular complexity index is 787. The molecule has 9 heteroatoms. The SMILES string of the molecule is CC(C)(C)OC(=O)N[C@@H](CCNC(=O)/C=C/c1cccc(Cl)c1F)C(O)OC(C)(C)C. The summed E-state index contributed by atoms with van der Waals surface area (Å²) in [4.78, 5) is 24.2. The molecular formula is C22H32ClFN2O5. The van der Waals surface area contributed by atoms with Crippen molar-refractivity contribution in [3.63, 3.8) is 0 Å². The molecule has 174 valence electrons. The summed E-state index contributed by atoms with van der Waals surface area (Å²) >= 11 is 5.71. The fourth-order valence-corrected chi connectivity index (χ4v) is 2.60. The topological polar surface area (TPSA) is 96.9 Å². The van der Waals surface area contributed by atoms with Gasteiger partial charge in [-0.3, -0.25) is 4.79 Å². The number of halogens is 2. The van der Waals surface area contributed by atoms with Crippen LogP contribution in [0.5, 0.6) is 0 Å². The minimum absolute atomic E-state index is 0.0357. The summed E-state index contributed by atoms with van der Waals surface area (Å²) in [6, 6.07) is 3.65. The molecule has 31 heavy (non-hydrogen) atoms. The standard InChI is InChI=1S/C22H32ClFN2O5/c1-21(2,3)30-19(28)16(26-20(29)31-22(4,5)6)12-13-25-17(27)11-10-14-8-7-9-15(23)18(14)24/h7-11,16,19,28H,12-13H2,1-6H3,(H,25,27)(H,26,29)/b11-10+/t16-,19?/m0/s1. The quantitative estimate of drug-likeness (QED) is 0.403. The Hall–Kier alpha value is -2.16. The Labute approximate surface area is 187 Å². The highest BCUT2D eigenvalue weighted by Crippen LogP contribution is 2.19. The van der Waals surface area contributed by atoms with Crippen LogP contribution in [0.15, 0.2) is 24.3 Å². The predicted octanol–water partition coefficient (Wildman–Crippen LogP) is 4.03. The third kappa shape index (κ3) is 11.1. The van der Waals surface area contributed by atoms with Gasteiger partial charge in [0.05, 0.1) is 16.7 Å². The van der Waals surface area contributed by atoms with E-state index in [9.17, 15) is 19.1 Å². The van der Waals surface area contributed by atoms with E-state index in [4.69, 9.17) is 21.1 Å². The molecule has 1 rings (SSSR count). The van der Waals surface area contributed by atoms with Crippen molar-refractivity contribution in [1.29, 1.82) is 0 Å². The van der Waals surface area contributed by atoms with Gasteiger partial charge in [0, 0.05) is 18.2 Å². The van der Waals surface area contributed by atoms with Gasteiger partial charge in [-0.25, -0.2) is 9.18 Å². The Morgan fingerprint density at radius 3 is 2.42 bits per heavy atom. The lowest BCUT2D eigenvalue weighted by Gasteiger charge is -2.31. The van der Waals surface area contributed by atoms with Crippen molar-refractivity contribution in [3.05, 3.63) is 40.7 Å². The number of carbonyl (C=O) groups excluding carboxylic acids is 2. The smallest absolute Gasteiger partial charge is 0.408 e. The zero-order valence-electron chi connectivity index (χ0n) is 18.8. The highest BCUT2D eigenvalue weighted by Gasteiger charge is 2.28. The summed E-state index contributed by atoms with van der Waals surface area (Å²) in [7, 11) is 0. The lowest BCUT2D eigenvalue weighted by atomic mass is 10.1. The van der Waals surface area contributed by atoms with Crippen LogP contribution in [0.4, 0.5) is 9.18 Å². The third-order valence-electron chi connectivity index (χ3n) is 3.67. The molecule has 0 aliphatic rings. The van der Waals surface area contributed by atoms with Gasteiger partial charge in [-0.2, -0.15) is 0 Å². The monoisotopic (exact) mass is 458 g/mol. The van der Waals surface area contributed by atoms with Crippen LogP contribution >= 0.6 is 11.6 Å². The molecule has 1 unspecified atom stereocenters. The fourth-order valence-electron chi connectivity index (χ4n) is 2.41. The van der Waals surface area contributed by atoms with E-state index in [0.717, 1.165) is 0 Å². The van der Waals surface area contributed by atoms with Gasteiger partial charge in [0.1, 0.15) is 11.4 Å². The molecule has 2 atom stereocenters. The molecule has 0 aromatic heterocycles. The number of aliphatic hydroxyl groups is 1. The third-order valence-corrected chi connectivity index (χ3v) is 3.96. The van der Waals surface area contributed by atoms with Crippen molar-refractivity contribution in [1.82, 2.24) is 10.6 Å². The van der Waals surface area contributed by atoms with Gasteiger partial charge in [-0.1, -0.05) is 23.7 Å². The molecule has 0 saturated heterocycles. The zero-order valence-corrected chi connectivity index (χ0v) is 19.5. The van der Waals surface area contributed by atoms with Crippen molar-refractivity contribution in [2.75, 3.05) is 6.54 Å². The summed E-state index contributed by atoms with van der Waals surface area (Å²) in [6.07, 6.45) is 0.622. The van der Waals surface area contributed by atoms with Crippen molar-refractivity contribution in [2.45, 2.75) is 71.5 Å². The average molecular weight is 459 g/mol. The van der Waals surface area contributed by atoms with Gasteiger partial charge in [-0.15, -0.1) is 0 Å². The van der Waals surface area contributed by atoms with Crippen molar-refractivity contribution in [3.8, 4) is 0 Å². The molecule has 0 bridgehead atoms. The lowest BCUT2D eigenvalue weighted by Crippen LogP contribution is -2.49. The molecule has 1 aromatic rings. The number of alkyl carbamates (subject to hydrolysis) is 1. The van der Waals surface area contributed by atoms with Crippen LogP contribution in [-0.4, -0.2) is 47.2 Å². The second-order valence-corrected chi connectivity index (χ2v) is 9.34. The van der Waals surface area contributed by atoms with Crippen LogP contribution in [-0.2, 0) is 14.3 Å². The molecule has 7 nitrogen and oxygen atoms in total. The van der Waals surface area contributed by atoms with Gasteiger partial charge in [0.25, 0.3) is 0 Å². The van der Waals surface area contributed by atoms with Crippen LogP contribution < -0.4 is 10.6 Å². The Morgan fingerprint density at radius 2 is 1.84 bits per heavy atom. The van der Waals surface area contributed by atoms with Crippen LogP contribution in [0, 0.1) is 5.82 Å². The fraction of sp³-hybridized carbons (Fsp3) is 0.545. The number of hydrogen-bond donors (Lipinski definition) is 3. The molecular weight excluding hydrogens is 427 g/mol. The number of ether oxygens (including phenoxy) is 2. The second kappa shape index (κ2) is 11.5. The molecule has 0 aliphatic heterocycles. The van der Waals surface area contributed by atoms with Crippen LogP contribution in [0.2, 0.25) is 5.02 Å². The van der Waals surface area contributed by atoms with Gasteiger partial charge >= 0.3 is 6.09 Å². The largest absolute Gasteiger partial charge is 0.444 e. The van der Waals surface area contributed by atoms with E-state index in [2.05, 4.69) is 10.6 Å². The molecule has 2 amide bonds. The van der Waals surface area contributed by atoms with E-state index in [1.165, 1.54) is 24.3 Å². The molecule has 0 radical (unpaired) electrons. The summed E-state index contributed by atoms with van der Waals surface area (Å²) in [5.74, 6) is -1.08. The number of carbonyl (C=O) groups is 2. The highest BCUT2D eigenvalue weighted by molar-refractivity contribution is 6.30. The number of aliphatic hydroxyl groups excluding tert-OH is 1. The van der Waals surface area contributed by atoms with Crippen LogP contribution in [0.25, 0.3) is 6.08 Å². The van der Waals surface area contributed by atoms with Gasteiger partial charge in [0.15, 0.2) is 6.29 Å². The Morgan fingerprint density at radius 1 is 1.19 bits per heavy atom. The first kappa shape index (κ1) is 26.9. The highest BCUT2D eigenvalue weighted by atomic mass is 35.5. The lowest BCUT2D eigenvalue weighted by molar-refractivity contribution is -0.180. The first-order chi connectivity index (χ1) is 14.2. The minimum Gasteiger partial charge on any atom is -0.444 e. The van der Waals surface area contributed by atoms with E-state index in [0.29, 0.717) is 0 Å². The second-order valence-electron chi connectivity index (χ2n) is 8.93. The van der Waals surface area contributed by atoms with Gasteiger partial charge in [-0.05, 0) is 60.1 Å². The van der Waals surface area contributed by atoms with E-state index < -0.39 is 41.4 Å². The first-order valence-corrected chi connectivity index (χ1v) is 10.3. The number of benzene rings is 1. The minimum atomic E-state index is -1.32. The first-order valence-electron chi connectivity index (χ1n) is 9.93. The summed E-state index contributed by atoms with van der Waals surface area (Å²) in [5, 5.41) is 15.5.